The smallest absolute Gasteiger partial charge is 0.409 e. The Hall–Kier alpha value is -1.50. The minimum atomic E-state index is -0.225. The highest BCUT2D eigenvalue weighted by molar-refractivity contribution is 7.98. The van der Waals surface area contributed by atoms with Crippen LogP contribution in [0.2, 0.25) is 5.15 Å². The van der Waals surface area contributed by atoms with Gasteiger partial charge in [0.15, 0.2) is 0 Å². The van der Waals surface area contributed by atoms with Gasteiger partial charge in [0.05, 0.1) is 12.1 Å². The van der Waals surface area contributed by atoms with Gasteiger partial charge in [-0.2, -0.15) is 0 Å². The quantitative estimate of drug-likeness (QED) is 0.595. The van der Waals surface area contributed by atoms with Crippen molar-refractivity contribution >= 4 is 40.4 Å². The largest absolute Gasteiger partial charge is 0.450 e. The number of hydrogen-bond donors (Lipinski definition) is 0. The molecule has 0 spiro atoms. The Morgan fingerprint density at radius 3 is 2.72 bits per heavy atom. The Morgan fingerprint density at radius 2 is 2.04 bits per heavy atom. The highest BCUT2D eigenvalue weighted by Gasteiger charge is 2.22. The number of rotatable bonds is 4. The van der Waals surface area contributed by atoms with Crippen LogP contribution in [0.1, 0.15) is 12.5 Å². The fraction of sp³-hybridized carbons (Fsp3) is 0.444. The van der Waals surface area contributed by atoms with E-state index < -0.39 is 0 Å². The van der Waals surface area contributed by atoms with E-state index in [0.29, 0.717) is 24.8 Å². The average Bonchev–Trinajstić information content (AvgIpc) is 2.62. The SMILES string of the molecule is CCOC(=O)N1CCN(Cc2cc3ccc(SC)cc3nc2Cl)CC1. The molecule has 0 aliphatic carbocycles. The molecule has 1 aliphatic rings. The Morgan fingerprint density at radius 1 is 1.28 bits per heavy atom. The molecule has 1 aromatic carbocycles. The summed E-state index contributed by atoms with van der Waals surface area (Å²) in [6, 6.07) is 8.37. The number of piperazine rings is 1. The van der Waals surface area contributed by atoms with Crippen molar-refractivity contribution in [2.45, 2.75) is 18.4 Å². The number of thioether (sulfide) groups is 1. The number of carbonyl (C=O) groups is 1. The number of carbonyl (C=O) groups excluding carboxylic acids is 1. The first-order chi connectivity index (χ1) is 12.1. The molecule has 2 aromatic rings. The first-order valence-electron chi connectivity index (χ1n) is 8.38. The molecule has 25 heavy (non-hydrogen) atoms. The lowest BCUT2D eigenvalue weighted by molar-refractivity contribution is 0.0778. The summed E-state index contributed by atoms with van der Waals surface area (Å²) >= 11 is 8.10. The number of amides is 1. The van der Waals surface area contributed by atoms with Gasteiger partial charge in [0, 0.05) is 48.6 Å². The predicted molar refractivity (Wildman–Crippen MR) is 102 cm³/mol. The van der Waals surface area contributed by atoms with Crippen LogP contribution in [-0.2, 0) is 11.3 Å². The van der Waals surface area contributed by atoms with Crippen LogP contribution in [0.4, 0.5) is 4.79 Å². The van der Waals surface area contributed by atoms with Crippen molar-refractivity contribution in [2.75, 3.05) is 39.0 Å². The Labute approximate surface area is 157 Å². The van der Waals surface area contributed by atoms with Crippen LogP contribution in [-0.4, -0.2) is 59.9 Å². The molecule has 1 aliphatic heterocycles. The highest BCUT2D eigenvalue weighted by atomic mass is 35.5. The van der Waals surface area contributed by atoms with E-state index in [1.165, 1.54) is 4.90 Å². The van der Waals surface area contributed by atoms with Gasteiger partial charge in [-0.3, -0.25) is 4.90 Å². The van der Waals surface area contributed by atoms with Gasteiger partial charge in [-0.25, -0.2) is 9.78 Å². The Kier molecular flexibility index (Phi) is 6.04. The summed E-state index contributed by atoms with van der Waals surface area (Å²) in [6.45, 7) is 5.93. The fourth-order valence-corrected chi connectivity index (χ4v) is 3.59. The van der Waals surface area contributed by atoms with Crippen molar-refractivity contribution < 1.29 is 9.53 Å². The molecule has 0 bridgehead atoms. The van der Waals surface area contributed by atoms with Crippen LogP contribution < -0.4 is 0 Å². The van der Waals surface area contributed by atoms with Crippen LogP contribution in [0.5, 0.6) is 0 Å². The lowest BCUT2D eigenvalue weighted by atomic mass is 10.1. The number of aromatic nitrogens is 1. The predicted octanol–water partition coefficient (Wildman–Crippen LogP) is 3.88. The van der Waals surface area contributed by atoms with Crippen molar-refractivity contribution in [3.8, 4) is 0 Å². The van der Waals surface area contributed by atoms with Gasteiger partial charge in [-0.1, -0.05) is 17.7 Å². The van der Waals surface area contributed by atoms with Gasteiger partial charge < -0.3 is 9.64 Å². The number of fused-ring (bicyclic) bond motifs is 1. The second-order valence-corrected chi connectivity index (χ2v) is 7.20. The summed E-state index contributed by atoms with van der Waals surface area (Å²) in [5, 5.41) is 1.65. The van der Waals surface area contributed by atoms with E-state index in [2.05, 4.69) is 34.1 Å². The fourth-order valence-electron chi connectivity index (χ4n) is 2.95. The van der Waals surface area contributed by atoms with E-state index in [9.17, 15) is 4.79 Å². The first kappa shape index (κ1) is 18.3. The molecule has 7 heteroatoms. The number of benzene rings is 1. The lowest BCUT2D eigenvalue weighted by Crippen LogP contribution is -2.48. The van der Waals surface area contributed by atoms with Crippen LogP contribution in [0, 0.1) is 0 Å². The molecule has 2 heterocycles. The van der Waals surface area contributed by atoms with Crippen molar-refractivity contribution in [3.63, 3.8) is 0 Å². The van der Waals surface area contributed by atoms with Crippen LogP contribution >= 0.6 is 23.4 Å². The van der Waals surface area contributed by atoms with E-state index in [1.54, 1.807) is 16.7 Å². The number of nitrogens with zero attached hydrogens (tertiary/aromatic N) is 3. The van der Waals surface area contributed by atoms with Gasteiger partial charge in [0.1, 0.15) is 5.15 Å². The maximum atomic E-state index is 11.8. The molecule has 0 atom stereocenters. The molecule has 0 unspecified atom stereocenters. The summed E-state index contributed by atoms with van der Waals surface area (Å²) in [7, 11) is 0. The van der Waals surface area contributed by atoms with Crippen molar-refractivity contribution in [1.29, 1.82) is 0 Å². The third kappa shape index (κ3) is 4.37. The molecule has 0 N–H and O–H groups in total. The molecule has 1 saturated heterocycles. The highest BCUT2D eigenvalue weighted by Crippen LogP contribution is 2.25. The van der Waals surface area contributed by atoms with E-state index in [-0.39, 0.29) is 6.09 Å². The molecule has 5 nitrogen and oxygen atoms in total. The lowest BCUT2D eigenvalue weighted by Gasteiger charge is -2.34. The van der Waals surface area contributed by atoms with E-state index in [1.807, 2.05) is 13.2 Å². The molecule has 1 aromatic heterocycles. The van der Waals surface area contributed by atoms with Crippen molar-refractivity contribution in [2.24, 2.45) is 0 Å². The summed E-state index contributed by atoms with van der Waals surface area (Å²) in [6.07, 6.45) is 1.82. The van der Waals surface area contributed by atoms with Crippen molar-refractivity contribution in [1.82, 2.24) is 14.8 Å². The van der Waals surface area contributed by atoms with Gasteiger partial charge in [-0.05, 0) is 31.4 Å². The summed E-state index contributed by atoms with van der Waals surface area (Å²) in [4.78, 5) is 21.6. The second kappa shape index (κ2) is 8.25. The van der Waals surface area contributed by atoms with E-state index in [4.69, 9.17) is 16.3 Å². The molecular formula is C18H22ClN3O2S. The minimum Gasteiger partial charge on any atom is -0.450 e. The summed E-state index contributed by atoms with van der Waals surface area (Å²) < 4.78 is 5.06. The standard InChI is InChI=1S/C18H22ClN3O2S/c1-3-24-18(23)22-8-6-21(7-9-22)12-14-10-13-4-5-15(25-2)11-16(13)20-17(14)19/h4-5,10-11H,3,6-9,12H2,1-2H3. The maximum absolute atomic E-state index is 11.8. The second-order valence-electron chi connectivity index (χ2n) is 5.96. The van der Waals surface area contributed by atoms with Gasteiger partial charge in [0.2, 0.25) is 0 Å². The number of halogens is 1. The first-order valence-corrected chi connectivity index (χ1v) is 9.98. The zero-order chi connectivity index (χ0) is 17.8. The molecule has 0 saturated carbocycles. The number of pyridine rings is 1. The third-order valence-electron chi connectivity index (χ3n) is 4.34. The van der Waals surface area contributed by atoms with Crippen LogP contribution in [0.25, 0.3) is 10.9 Å². The van der Waals surface area contributed by atoms with E-state index in [0.717, 1.165) is 36.1 Å². The zero-order valence-electron chi connectivity index (χ0n) is 14.5. The molecule has 134 valence electrons. The van der Waals surface area contributed by atoms with E-state index >= 15 is 0 Å². The molecular weight excluding hydrogens is 358 g/mol. The number of ether oxygens (including phenoxy) is 1. The molecule has 1 fully saturated rings. The molecule has 1 amide bonds. The Bertz CT molecular complexity index is 763. The molecule has 3 rings (SSSR count). The van der Waals surface area contributed by atoms with Gasteiger partial charge in [0.25, 0.3) is 0 Å². The van der Waals surface area contributed by atoms with Crippen LogP contribution in [0.15, 0.2) is 29.2 Å². The van der Waals surface area contributed by atoms with Crippen LogP contribution in [0.3, 0.4) is 0 Å². The zero-order valence-corrected chi connectivity index (χ0v) is 16.1. The number of hydrogen-bond acceptors (Lipinski definition) is 5. The Balaban J connectivity index is 1.67. The normalized spacial score (nSPS) is 15.6. The topological polar surface area (TPSA) is 45.7 Å². The van der Waals surface area contributed by atoms with Gasteiger partial charge >= 0.3 is 6.09 Å². The molecule has 0 radical (unpaired) electrons. The van der Waals surface area contributed by atoms with Gasteiger partial charge in [-0.15, -0.1) is 11.8 Å². The minimum absolute atomic E-state index is 0.225. The average molecular weight is 380 g/mol. The van der Waals surface area contributed by atoms with Crippen molar-refractivity contribution in [3.05, 3.63) is 35.0 Å². The summed E-state index contributed by atoms with van der Waals surface area (Å²) in [5.41, 5.74) is 1.95. The summed E-state index contributed by atoms with van der Waals surface area (Å²) in [5.74, 6) is 0. The third-order valence-corrected chi connectivity index (χ3v) is 5.40. The monoisotopic (exact) mass is 379 g/mol. The maximum Gasteiger partial charge on any atom is 0.409 e.